The van der Waals surface area contributed by atoms with E-state index in [9.17, 15) is 9.59 Å². The molecule has 7 heteroatoms. The molecule has 0 fully saturated rings. The summed E-state index contributed by atoms with van der Waals surface area (Å²) in [7, 11) is 1.32. The molecule has 0 aliphatic carbocycles. The first kappa shape index (κ1) is 19.1. The maximum atomic E-state index is 12.0. The lowest BCUT2D eigenvalue weighted by Gasteiger charge is -2.03. The van der Waals surface area contributed by atoms with Crippen LogP contribution in [0.5, 0.6) is 0 Å². The average molecular weight is 386 g/mol. The van der Waals surface area contributed by atoms with E-state index in [1.807, 2.05) is 18.2 Å². The van der Waals surface area contributed by atoms with Crippen LogP contribution in [0.1, 0.15) is 46.1 Å². The van der Waals surface area contributed by atoms with Crippen LogP contribution in [0.25, 0.3) is 10.2 Å². The number of rotatable bonds is 8. The number of benzene rings is 1. The van der Waals surface area contributed by atoms with Crippen LogP contribution in [-0.2, 0) is 22.5 Å². The summed E-state index contributed by atoms with van der Waals surface area (Å²) in [6.45, 7) is 1.95. The van der Waals surface area contributed by atoms with E-state index in [0.717, 1.165) is 29.8 Å². The van der Waals surface area contributed by atoms with E-state index in [4.69, 9.17) is 4.42 Å². The average Bonchev–Trinajstić information content (AvgIpc) is 3.25. The molecule has 0 bridgehead atoms. The lowest BCUT2D eigenvalue weighted by molar-refractivity contribution is -0.121. The molecular formula is C20H22N2O4S. The minimum atomic E-state index is -0.441. The van der Waals surface area contributed by atoms with Crippen molar-refractivity contribution in [3.05, 3.63) is 52.4 Å². The summed E-state index contributed by atoms with van der Waals surface area (Å²) in [5.41, 5.74) is 1.42. The molecule has 0 aliphatic rings. The van der Waals surface area contributed by atoms with E-state index in [1.54, 1.807) is 24.3 Å². The van der Waals surface area contributed by atoms with Crippen molar-refractivity contribution in [2.24, 2.45) is 0 Å². The van der Waals surface area contributed by atoms with Gasteiger partial charge in [-0.1, -0.05) is 12.1 Å². The second kappa shape index (κ2) is 8.81. The minimum Gasteiger partial charge on any atom is -0.465 e. The van der Waals surface area contributed by atoms with E-state index in [-0.39, 0.29) is 12.5 Å². The Kier molecular flexibility index (Phi) is 6.24. The van der Waals surface area contributed by atoms with Crippen molar-refractivity contribution in [3.8, 4) is 0 Å². The number of furan rings is 1. The number of methoxy groups -OCH3 is 1. The summed E-state index contributed by atoms with van der Waals surface area (Å²) in [6.07, 6.45) is 3.05. The quantitative estimate of drug-likeness (QED) is 0.467. The van der Waals surface area contributed by atoms with Gasteiger partial charge in [-0.2, -0.15) is 0 Å². The summed E-state index contributed by atoms with van der Waals surface area (Å²) in [5, 5.41) is 3.93. The van der Waals surface area contributed by atoms with Crippen LogP contribution in [0.3, 0.4) is 0 Å². The number of thiazole rings is 1. The third-order valence-corrected chi connectivity index (χ3v) is 5.31. The Hall–Kier alpha value is -2.67. The van der Waals surface area contributed by atoms with Crippen molar-refractivity contribution in [2.45, 2.75) is 39.2 Å². The molecule has 2 aromatic heterocycles. The molecule has 3 rings (SSSR count). The van der Waals surface area contributed by atoms with Gasteiger partial charge in [-0.3, -0.25) is 4.79 Å². The zero-order valence-corrected chi connectivity index (χ0v) is 16.2. The van der Waals surface area contributed by atoms with Crippen molar-refractivity contribution in [3.63, 3.8) is 0 Å². The van der Waals surface area contributed by atoms with Crippen LogP contribution >= 0.6 is 11.3 Å². The van der Waals surface area contributed by atoms with Crippen LogP contribution in [0.2, 0.25) is 0 Å². The third-order valence-electron chi connectivity index (χ3n) is 4.22. The van der Waals surface area contributed by atoms with Crippen LogP contribution in [0.4, 0.5) is 0 Å². The Bertz CT molecular complexity index is 912. The number of esters is 1. The number of ether oxygens (including phenoxy) is 1. The Morgan fingerprint density at radius 1 is 1.26 bits per heavy atom. The number of fused-ring (bicyclic) bond motifs is 1. The smallest absolute Gasteiger partial charge is 0.341 e. The Morgan fingerprint density at radius 3 is 2.85 bits per heavy atom. The van der Waals surface area contributed by atoms with Crippen molar-refractivity contribution >= 4 is 33.4 Å². The van der Waals surface area contributed by atoms with Crippen molar-refractivity contribution < 1.29 is 18.7 Å². The molecule has 6 nitrogen and oxygen atoms in total. The molecule has 0 atom stereocenters. The largest absolute Gasteiger partial charge is 0.465 e. The van der Waals surface area contributed by atoms with Crippen LogP contribution in [0.15, 0.2) is 34.7 Å². The van der Waals surface area contributed by atoms with Crippen molar-refractivity contribution in [2.75, 3.05) is 7.11 Å². The number of unbranched alkanes of at least 4 members (excludes halogenated alkanes) is 1. The molecule has 2 heterocycles. The molecule has 142 valence electrons. The van der Waals surface area contributed by atoms with E-state index in [0.29, 0.717) is 23.5 Å². The zero-order chi connectivity index (χ0) is 19.2. The van der Waals surface area contributed by atoms with E-state index in [1.165, 1.54) is 11.8 Å². The normalized spacial score (nSPS) is 10.9. The molecule has 3 aromatic rings. The summed E-state index contributed by atoms with van der Waals surface area (Å²) in [5.74, 6) is 0.550. The van der Waals surface area contributed by atoms with Gasteiger partial charge < -0.3 is 14.5 Å². The molecule has 27 heavy (non-hydrogen) atoms. The lowest BCUT2D eigenvalue weighted by atomic mass is 10.2. The number of aryl methyl sites for hydroxylation is 2. The Balaban J connectivity index is 1.39. The number of aromatic nitrogens is 1. The van der Waals surface area contributed by atoms with Gasteiger partial charge in [0.25, 0.3) is 0 Å². The summed E-state index contributed by atoms with van der Waals surface area (Å²) in [4.78, 5) is 28.2. The van der Waals surface area contributed by atoms with E-state index in [2.05, 4.69) is 21.1 Å². The fraction of sp³-hybridized carbons (Fsp3) is 0.350. The number of carbonyl (C=O) groups is 2. The van der Waals surface area contributed by atoms with Crippen LogP contribution < -0.4 is 5.32 Å². The topological polar surface area (TPSA) is 81.4 Å². The highest BCUT2D eigenvalue weighted by atomic mass is 32.1. The first-order valence-corrected chi connectivity index (χ1v) is 9.67. The van der Waals surface area contributed by atoms with Gasteiger partial charge in [0.05, 0.1) is 28.9 Å². The van der Waals surface area contributed by atoms with Gasteiger partial charge in [0.1, 0.15) is 17.1 Å². The van der Waals surface area contributed by atoms with Gasteiger partial charge in [0, 0.05) is 6.42 Å². The molecular weight excluding hydrogens is 364 g/mol. The number of hydrogen-bond acceptors (Lipinski definition) is 6. The van der Waals surface area contributed by atoms with Gasteiger partial charge in [0.2, 0.25) is 5.91 Å². The number of nitrogens with zero attached hydrogens (tertiary/aromatic N) is 1. The maximum Gasteiger partial charge on any atom is 0.341 e. The lowest BCUT2D eigenvalue weighted by Crippen LogP contribution is -2.22. The minimum absolute atomic E-state index is 0.0343. The van der Waals surface area contributed by atoms with E-state index < -0.39 is 5.97 Å². The first-order chi connectivity index (χ1) is 13.1. The highest BCUT2D eigenvalue weighted by Gasteiger charge is 2.15. The molecule has 0 saturated carbocycles. The monoisotopic (exact) mass is 386 g/mol. The van der Waals surface area contributed by atoms with E-state index >= 15 is 0 Å². The predicted molar refractivity (Wildman–Crippen MR) is 104 cm³/mol. The SMILES string of the molecule is COC(=O)c1cc(CNC(=O)CCCCc2nc3ccccc3s2)oc1C. The highest BCUT2D eigenvalue weighted by molar-refractivity contribution is 7.18. The molecule has 1 aromatic carbocycles. The molecule has 0 aliphatic heterocycles. The van der Waals surface area contributed by atoms with Gasteiger partial charge in [-0.25, -0.2) is 9.78 Å². The predicted octanol–water partition coefficient (Wildman–Crippen LogP) is 4.01. The Labute approximate surface area is 161 Å². The van der Waals surface area contributed by atoms with Gasteiger partial charge >= 0.3 is 5.97 Å². The van der Waals surface area contributed by atoms with Crippen LogP contribution in [-0.4, -0.2) is 24.0 Å². The maximum absolute atomic E-state index is 12.0. The molecule has 0 spiro atoms. The molecule has 0 saturated heterocycles. The fourth-order valence-corrected chi connectivity index (χ4v) is 3.82. The highest BCUT2D eigenvalue weighted by Crippen LogP contribution is 2.23. The standard InChI is InChI=1S/C20H22N2O4S/c1-13-15(20(24)25-2)11-14(26-13)12-21-18(23)9-5-6-10-19-22-16-7-3-4-8-17(16)27-19/h3-4,7-8,11H,5-6,9-10,12H2,1-2H3,(H,21,23). The number of amides is 1. The molecule has 1 amide bonds. The van der Waals surface area contributed by atoms with Gasteiger partial charge in [-0.15, -0.1) is 11.3 Å². The molecule has 0 radical (unpaired) electrons. The summed E-state index contributed by atoms with van der Waals surface area (Å²) in [6, 6.07) is 9.71. The second-order valence-electron chi connectivity index (χ2n) is 6.23. The number of nitrogens with one attached hydrogen (secondary N) is 1. The second-order valence-corrected chi connectivity index (χ2v) is 7.35. The third kappa shape index (κ3) is 4.95. The summed E-state index contributed by atoms with van der Waals surface area (Å²) >= 11 is 1.71. The Morgan fingerprint density at radius 2 is 2.07 bits per heavy atom. The summed E-state index contributed by atoms with van der Waals surface area (Å²) < 4.78 is 11.4. The number of hydrogen-bond donors (Lipinski definition) is 1. The van der Waals surface area contributed by atoms with Gasteiger partial charge in [-0.05, 0) is 44.4 Å². The molecule has 1 N–H and O–H groups in total. The fourth-order valence-electron chi connectivity index (χ4n) is 2.81. The first-order valence-electron chi connectivity index (χ1n) is 8.85. The van der Waals surface area contributed by atoms with Gasteiger partial charge in [0.15, 0.2) is 0 Å². The number of carbonyl (C=O) groups excluding carboxylic acids is 2. The zero-order valence-electron chi connectivity index (χ0n) is 15.4. The molecule has 0 unspecified atom stereocenters. The van der Waals surface area contributed by atoms with Crippen molar-refractivity contribution in [1.82, 2.24) is 10.3 Å². The van der Waals surface area contributed by atoms with Crippen LogP contribution in [0, 0.1) is 6.92 Å². The number of para-hydroxylation sites is 1. The van der Waals surface area contributed by atoms with Crippen molar-refractivity contribution in [1.29, 1.82) is 0 Å².